The number of carbonyl (C=O) groups is 3. The lowest BCUT2D eigenvalue weighted by atomic mass is 9.90. The van der Waals surface area contributed by atoms with E-state index in [1.807, 2.05) is 0 Å². The van der Waals surface area contributed by atoms with E-state index in [2.05, 4.69) is 4.98 Å². The molecular weight excluding hydrogens is 330 g/mol. The summed E-state index contributed by atoms with van der Waals surface area (Å²) in [7, 11) is 0. The summed E-state index contributed by atoms with van der Waals surface area (Å²) in [5.41, 5.74) is 1.10. The Balaban J connectivity index is 1.53. The predicted molar refractivity (Wildman–Crippen MR) is 83.5 cm³/mol. The minimum absolute atomic E-state index is 0.126. The van der Waals surface area contributed by atoms with E-state index in [1.165, 1.54) is 17.6 Å². The van der Waals surface area contributed by atoms with E-state index < -0.39 is 18.0 Å². The van der Waals surface area contributed by atoms with E-state index >= 15 is 0 Å². The topological polar surface area (TPSA) is 111 Å². The van der Waals surface area contributed by atoms with Crippen LogP contribution in [0.4, 0.5) is 4.79 Å². The van der Waals surface area contributed by atoms with Crippen molar-refractivity contribution in [2.75, 3.05) is 13.2 Å². The molecule has 0 spiro atoms. The van der Waals surface area contributed by atoms with Crippen molar-refractivity contribution in [2.45, 2.75) is 45.1 Å². The second-order valence-corrected chi connectivity index (χ2v) is 6.40. The number of fused-ring (bicyclic) bond motifs is 1. The van der Waals surface area contributed by atoms with Gasteiger partial charge in [0.1, 0.15) is 6.33 Å². The molecule has 1 aliphatic heterocycles. The largest absolute Gasteiger partial charge is 0.465 e. The summed E-state index contributed by atoms with van der Waals surface area (Å²) >= 11 is 0. The monoisotopic (exact) mass is 351 g/mol. The summed E-state index contributed by atoms with van der Waals surface area (Å²) in [5, 5.41) is 9.00. The van der Waals surface area contributed by atoms with Crippen LogP contribution in [0.5, 0.6) is 0 Å². The molecule has 0 saturated heterocycles. The van der Waals surface area contributed by atoms with Crippen molar-refractivity contribution >= 4 is 18.0 Å². The van der Waals surface area contributed by atoms with Gasteiger partial charge in [0.15, 0.2) is 0 Å². The van der Waals surface area contributed by atoms with E-state index in [0.29, 0.717) is 23.7 Å². The Morgan fingerprint density at radius 1 is 1.20 bits per heavy atom. The Morgan fingerprint density at radius 2 is 1.96 bits per heavy atom. The normalized spacial score (nSPS) is 17.7. The number of imidazole rings is 1. The molecular formula is C16H21N3O6. The molecule has 0 atom stereocenters. The number of aromatic nitrogens is 2. The number of carboxylic acid groups (broad SMARTS) is 1. The molecule has 1 fully saturated rings. The van der Waals surface area contributed by atoms with Crippen molar-refractivity contribution < 1.29 is 29.1 Å². The maximum Gasteiger partial charge on any atom is 0.442 e. The average Bonchev–Trinajstić information content (AvgIpc) is 3.02. The first kappa shape index (κ1) is 17.2. The standard InChI is InChI=1S/C16H21N3O6/c20-14(24-9-11-4-2-1-3-5-11)15(21)25-19-10-17-12-8-18(16(22)23)7-6-13(12)19/h10-11H,1-9H2,(H,22,23). The smallest absolute Gasteiger partial charge is 0.442 e. The third-order valence-corrected chi connectivity index (χ3v) is 4.67. The SMILES string of the molecule is O=C(OCC1CCCCC1)C(=O)On1cnc2c1CCN(C(=O)O)C2. The highest BCUT2D eigenvalue weighted by atomic mass is 16.7. The summed E-state index contributed by atoms with van der Waals surface area (Å²) in [4.78, 5) is 45.0. The highest BCUT2D eigenvalue weighted by Crippen LogP contribution is 2.23. The summed E-state index contributed by atoms with van der Waals surface area (Å²) in [6, 6.07) is 0. The number of rotatable bonds is 3. The molecule has 1 N–H and O–H groups in total. The molecule has 2 heterocycles. The first-order valence-electron chi connectivity index (χ1n) is 8.47. The van der Waals surface area contributed by atoms with Crippen molar-refractivity contribution in [3.63, 3.8) is 0 Å². The molecule has 9 heteroatoms. The summed E-state index contributed by atoms with van der Waals surface area (Å²) in [5.74, 6) is -1.80. The number of amides is 1. The first-order valence-corrected chi connectivity index (χ1v) is 8.47. The second-order valence-electron chi connectivity index (χ2n) is 6.40. The van der Waals surface area contributed by atoms with Crippen molar-refractivity contribution in [3.8, 4) is 0 Å². The maximum atomic E-state index is 11.9. The van der Waals surface area contributed by atoms with Crippen LogP contribution in [0.1, 0.15) is 43.5 Å². The zero-order valence-electron chi connectivity index (χ0n) is 13.8. The molecule has 0 bridgehead atoms. The lowest BCUT2D eigenvalue weighted by molar-refractivity contribution is -0.169. The molecule has 1 aliphatic carbocycles. The van der Waals surface area contributed by atoms with Crippen molar-refractivity contribution in [1.82, 2.24) is 14.6 Å². The number of nitrogens with zero attached hydrogens (tertiary/aromatic N) is 3. The fourth-order valence-corrected chi connectivity index (χ4v) is 3.26. The van der Waals surface area contributed by atoms with Gasteiger partial charge in [-0.1, -0.05) is 19.3 Å². The highest BCUT2D eigenvalue weighted by Gasteiger charge is 2.27. The van der Waals surface area contributed by atoms with Gasteiger partial charge < -0.3 is 19.6 Å². The number of hydrogen-bond acceptors (Lipinski definition) is 6. The van der Waals surface area contributed by atoms with Gasteiger partial charge >= 0.3 is 18.0 Å². The Hall–Kier alpha value is -2.58. The highest BCUT2D eigenvalue weighted by molar-refractivity contribution is 6.29. The number of hydrogen-bond donors (Lipinski definition) is 1. The van der Waals surface area contributed by atoms with Crippen LogP contribution in [0.3, 0.4) is 0 Å². The molecule has 2 aliphatic rings. The van der Waals surface area contributed by atoms with Gasteiger partial charge in [-0.3, -0.25) is 0 Å². The Morgan fingerprint density at radius 3 is 2.68 bits per heavy atom. The summed E-state index contributed by atoms with van der Waals surface area (Å²) < 4.78 is 6.18. The molecule has 0 unspecified atom stereocenters. The van der Waals surface area contributed by atoms with E-state index in [9.17, 15) is 14.4 Å². The third-order valence-electron chi connectivity index (χ3n) is 4.67. The van der Waals surface area contributed by atoms with Gasteiger partial charge in [0, 0.05) is 13.0 Å². The molecule has 136 valence electrons. The Kier molecular flexibility index (Phi) is 5.20. The Bertz CT molecular complexity index is 665. The summed E-state index contributed by atoms with van der Waals surface area (Å²) in [6.07, 6.45) is 6.08. The van der Waals surface area contributed by atoms with Gasteiger partial charge in [-0.25, -0.2) is 19.4 Å². The molecule has 0 radical (unpaired) electrons. The van der Waals surface area contributed by atoms with Crippen LogP contribution in [-0.2, 0) is 27.3 Å². The quantitative estimate of drug-likeness (QED) is 0.639. The van der Waals surface area contributed by atoms with Crippen LogP contribution < -0.4 is 4.84 Å². The molecule has 1 aromatic rings. The van der Waals surface area contributed by atoms with Crippen LogP contribution in [0, 0.1) is 5.92 Å². The number of carbonyl (C=O) groups excluding carboxylic acids is 2. The van der Waals surface area contributed by atoms with Crippen LogP contribution in [-0.4, -0.2) is 50.9 Å². The van der Waals surface area contributed by atoms with E-state index in [-0.39, 0.29) is 19.7 Å². The van der Waals surface area contributed by atoms with Gasteiger partial charge in [0.2, 0.25) is 0 Å². The fraction of sp³-hybridized carbons (Fsp3) is 0.625. The van der Waals surface area contributed by atoms with Gasteiger partial charge in [-0.05, 0) is 18.8 Å². The third kappa shape index (κ3) is 4.09. The van der Waals surface area contributed by atoms with Crippen LogP contribution in [0.25, 0.3) is 0 Å². The van der Waals surface area contributed by atoms with Crippen molar-refractivity contribution in [1.29, 1.82) is 0 Å². The molecule has 9 nitrogen and oxygen atoms in total. The number of ether oxygens (including phenoxy) is 1. The van der Waals surface area contributed by atoms with Gasteiger partial charge in [-0.15, -0.1) is 0 Å². The molecule has 1 aromatic heterocycles. The van der Waals surface area contributed by atoms with Gasteiger partial charge in [-0.2, -0.15) is 4.73 Å². The van der Waals surface area contributed by atoms with E-state index in [0.717, 1.165) is 30.4 Å². The predicted octanol–water partition coefficient (Wildman–Crippen LogP) is 0.998. The van der Waals surface area contributed by atoms with Crippen LogP contribution >= 0.6 is 0 Å². The zero-order chi connectivity index (χ0) is 17.8. The van der Waals surface area contributed by atoms with Crippen LogP contribution in [0.2, 0.25) is 0 Å². The molecule has 1 amide bonds. The zero-order valence-corrected chi connectivity index (χ0v) is 13.8. The molecule has 1 saturated carbocycles. The van der Waals surface area contributed by atoms with Crippen LogP contribution in [0.15, 0.2) is 6.33 Å². The number of esters is 1. The van der Waals surface area contributed by atoms with Crippen molar-refractivity contribution in [2.24, 2.45) is 5.92 Å². The first-order chi connectivity index (χ1) is 12.0. The lowest BCUT2D eigenvalue weighted by Gasteiger charge is -2.23. The van der Waals surface area contributed by atoms with Crippen molar-refractivity contribution in [3.05, 3.63) is 17.7 Å². The van der Waals surface area contributed by atoms with Gasteiger partial charge in [0.05, 0.1) is 24.5 Å². The minimum atomic E-state index is -1.10. The van der Waals surface area contributed by atoms with E-state index in [4.69, 9.17) is 14.7 Å². The average molecular weight is 351 g/mol. The molecule has 0 aromatic carbocycles. The van der Waals surface area contributed by atoms with E-state index in [1.54, 1.807) is 0 Å². The van der Waals surface area contributed by atoms with Gasteiger partial charge in [0.25, 0.3) is 0 Å². The minimum Gasteiger partial charge on any atom is -0.465 e. The second kappa shape index (κ2) is 7.54. The Labute approximate surface area is 144 Å². The molecule has 3 rings (SSSR count). The molecule has 25 heavy (non-hydrogen) atoms. The maximum absolute atomic E-state index is 11.9. The summed E-state index contributed by atoms with van der Waals surface area (Å²) in [6.45, 7) is 0.641. The fourth-order valence-electron chi connectivity index (χ4n) is 3.26. The lowest BCUT2D eigenvalue weighted by Crippen LogP contribution is -2.37.